The highest BCUT2D eigenvalue weighted by Crippen LogP contribution is 2.37. The van der Waals surface area contributed by atoms with Gasteiger partial charge in [0.25, 0.3) is 5.91 Å². The van der Waals surface area contributed by atoms with Gasteiger partial charge in [-0.15, -0.1) is 21.5 Å². The van der Waals surface area contributed by atoms with Crippen LogP contribution in [0.4, 0.5) is 5.69 Å². The number of halogens is 2. The fourth-order valence-corrected chi connectivity index (χ4v) is 5.92. The van der Waals surface area contributed by atoms with Crippen LogP contribution >= 0.6 is 58.1 Å². The minimum absolute atomic E-state index is 0.146. The maximum Gasteiger partial charge on any atom is 0.269 e. The fourth-order valence-electron chi connectivity index (χ4n) is 3.10. The zero-order chi connectivity index (χ0) is 22.4. The third-order valence-corrected chi connectivity index (χ3v) is 7.60. The number of rotatable bonds is 3. The molecule has 3 heterocycles. The molecular weight excluding hydrogens is 507 g/mol. The van der Waals surface area contributed by atoms with Crippen LogP contribution in [0, 0.1) is 6.92 Å². The van der Waals surface area contributed by atoms with E-state index in [9.17, 15) is 4.79 Å². The molecule has 5 aromatic rings. The Labute approximate surface area is 205 Å². The van der Waals surface area contributed by atoms with E-state index in [2.05, 4.69) is 25.9 Å². The Morgan fingerprint density at radius 1 is 1.12 bits per heavy atom. The Kier molecular flexibility index (Phi) is 5.56. The number of amides is 1. The Bertz CT molecular complexity index is 1520. The van der Waals surface area contributed by atoms with E-state index < -0.39 is 5.91 Å². The molecule has 0 aliphatic heterocycles. The molecule has 0 aliphatic rings. The number of nitrogens with one attached hydrogen (secondary N) is 2. The van der Waals surface area contributed by atoms with Crippen LogP contribution in [-0.2, 0) is 0 Å². The number of thiocarbonyl (C=S) groups is 1. The Hall–Kier alpha value is -2.63. The van der Waals surface area contributed by atoms with Gasteiger partial charge in [0, 0.05) is 20.7 Å². The largest absolute Gasteiger partial charge is 0.332 e. The predicted molar refractivity (Wildman–Crippen MR) is 134 cm³/mol. The summed E-state index contributed by atoms with van der Waals surface area (Å²) in [6, 6.07) is 12.9. The maximum atomic E-state index is 12.8. The summed E-state index contributed by atoms with van der Waals surface area (Å²) in [6.45, 7) is 1.84. The van der Waals surface area contributed by atoms with Gasteiger partial charge in [-0.05, 0) is 43.4 Å². The van der Waals surface area contributed by atoms with Gasteiger partial charge in [0.15, 0.2) is 10.9 Å². The van der Waals surface area contributed by atoms with E-state index in [1.54, 1.807) is 22.7 Å². The molecule has 0 radical (unpaired) electrons. The molecule has 2 N–H and O–H groups in total. The molecule has 0 spiro atoms. The normalized spacial score (nSPS) is 11.2. The molecule has 0 fully saturated rings. The van der Waals surface area contributed by atoms with Gasteiger partial charge in [0.2, 0.25) is 4.96 Å². The van der Waals surface area contributed by atoms with Crippen LogP contribution in [0.1, 0.15) is 15.5 Å². The first kappa shape index (κ1) is 21.2. The lowest BCUT2D eigenvalue weighted by Gasteiger charge is -2.12. The van der Waals surface area contributed by atoms with Crippen molar-refractivity contribution in [2.24, 2.45) is 0 Å². The topological polar surface area (TPSA) is 84.2 Å². The van der Waals surface area contributed by atoms with Gasteiger partial charge >= 0.3 is 0 Å². The lowest BCUT2D eigenvalue weighted by Crippen LogP contribution is -2.33. The lowest BCUT2D eigenvalue weighted by molar-refractivity contribution is 0.0982. The number of para-hydroxylation sites is 1. The van der Waals surface area contributed by atoms with E-state index in [0.717, 1.165) is 20.7 Å². The van der Waals surface area contributed by atoms with Crippen LogP contribution in [-0.4, -0.2) is 30.8 Å². The van der Waals surface area contributed by atoms with E-state index in [1.807, 2.05) is 31.2 Å². The molecule has 3 aromatic heterocycles. The number of carbonyl (C=O) groups excluding carboxylic acids is 1. The molecule has 5 rings (SSSR count). The highest BCUT2D eigenvalue weighted by molar-refractivity contribution is 7.80. The highest BCUT2D eigenvalue weighted by atomic mass is 35.5. The minimum atomic E-state index is -0.392. The maximum absolute atomic E-state index is 12.8. The van der Waals surface area contributed by atoms with Gasteiger partial charge in [-0.3, -0.25) is 10.1 Å². The SMILES string of the molecule is Cc1nnc2sc(-c3ccccc3NC(=S)NC(=O)c3sc4cc(Cl)ccc4c3Cl)nn12. The number of anilines is 1. The van der Waals surface area contributed by atoms with Crippen molar-refractivity contribution in [1.29, 1.82) is 0 Å². The number of carbonyl (C=O) groups is 1. The van der Waals surface area contributed by atoms with Crippen LogP contribution in [0.3, 0.4) is 0 Å². The molecular formula is C20H12Cl2N6OS3. The summed E-state index contributed by atoms with van der Waals surface area (Å²) in [6.07, 6.45) is 0. The molecule has 32 heavy (non-hydrogen) atoms. The van der Waals surface area contributed by atoms with E-state index in [0.29, 0.717) is 31.4 Å². The summed E-state index contributed by atoms with van der Waals surface area (Å²) in [5.74, 6) is 0.314. The molecule has 0 aliphatic carbocycles. The number of aromatic nitrogens is 4. The molecule has 160 valence electrons. The third kappa shape index (κ3) is 3.84. The summed E-state index contributed by atoms with van der Waals surface area (Å²) in [5.41, 5.74) is 1.53. The summed E-state index contributed by atoms with van der Waals surface area (Å²) in [4.78, 5) is 13.9. The highest BCUT2D eigenvalue weighted by Gasteiger charge is 2.19. The molecule has 7 nitrogen and oxygen atoms in total. The average molecular weight is 519 g/mol. The third-order valence-electron chi connectivity index (χ3n) is 4.58. The molecule has 2 aromatic carbocycles. The number of fused-ring (bicyclic) bond motifs is 2. The van der Waals surface area contributed by atoms with Gasteiger partial charge < -0.3 is 5.32 Å². The van der Waals surface area contributed by atoms with Crippen molar-refractivity contribution in [3.8, 4) is 10.6 Å². The van der Waals surface area contributed by atoms with Crippen LogP contribution < -0.4 is 10.6 Å². The zero-order valence-electron chi connectivity index (χ0n) is 16.2. The van der Waals surface area contributed by atoms with Crippen molar-refractivity contribution in [2.75, 3.05) is 5.32 Å². The molecule has 12 heteroatoms. The molecule has 0 saturated heterocycles. The van der Waals surface area contributed by atoms with Gasteiger partial charge in [0.05, 0.1) is 10.7 Å². The Morgan fingerprint density at radius 3 is 2.75 bits per heavy atom. The van der Waals surface area contributed by atoms with Gasteiger partial charge in [-0.1, -0.05) is 52.7 Å². The number of benzene rings is 2. The summed E-state index contributed by atoms with van der Waals surface area (Å²) >= 11 is 20.5. The number of nitrogens with zero attached hydrogens (tertiary/aromatic N) is 4. The van der Waals surface area contributed by atoms with E-state index in [4.69, 9.17) is 35.4 Å². The molecule has 0 bridgehead atoms. The van der Waals surface area contributed by atoms with Crippen LogP contribution in [0.5, 0.6) is 0 Å². The second kappa shape index (κ2) is 8.38. The second-order valence-electron chi connectivity index (χ2n) is 6.69. The molecule has 0 atom stereocenters. The van der Waals surface area contributed by atoms with Crippen molar-refractivity contribution in [1.82, 2.24) is 25.1 Å². The zero-order valence-corrected chi connectivity index (χ0v) is 20.2. The number of hydrogen-bond acceptors (Lipinski definition) is 7. The first-order chi connectivity index (χ1) is 15.4. The monoisotopic (exact) mass is 518 g/mol. The predicted octanol–water partition coefficient (Wildman–Crippen LogP) is 5.81. The van der Waals surface area contributed by atoms with Crippen LogP contribution in [0.25, 0.3) is 25.6 Å². The quantitative estimate of drug-likeness (QED) is 0.293. The summed E-state index contributed by atoms with van der Waals surface area (Å²) in [7, 11) is 0. The first-order valence-corrected chi connectivity index (χ1v) is 12.0. The van der Waals surface area contributed by atoms with Gasteiger partial charge in [-0.25, -0.2) is 0 Å². The fraction of sp³-hybridized carbons (Fsp3) is 0.0500. The van der Waals surface area contributed by atoms with Crippen molar-refractivity contribution in [3.05, 3.63) is 63.2 Å². The smallest absolute Gasteiger partial charge is 0.269 e. The molecule has 0 unspecified atom stereocenters. The summed E-state index contributed by atoms with van der Waals surface area (Å²) < 4.78 is 2.52. The van der Waals surface area contributed by atoms with Crippen molar-refractivity contribution in [3.63, 3.8) is 0 Å². The minimum Gasteiger partial charge on any atom is -0.332 e. The van der Waals surface area contributed by atoms with Crippen molar-refractivity contribution < 1.29 is 4.79 Å². The standard InChI is InChI=1S/C20H12Cl2N6OS3/c1-9-25-26-20-28(9)27-18(32-20)11-4-2-3-5-13(11)23-19(30)24-17(29)16-15(22)12-7-6-10(21)8-14(12)31-16/h2-8H,1H3,(H2,23,24,29,30). The number of thiophene rings is 1. The summed E-state index contributed by atoms with van der Waals surface area (Å²) in [5, 5.41) is 21.1. The van der Waals surface area contributed by atoms with Crippen molar-refractivity contribution in [2.45, 2.75) is 6.92 Å². The van der Waals surface area contributed by atoms with E-state index in [-0.39, 0.29) is 5.11 Å². The molecule has 1 amide bonds. The second-order valence-corrected chi connectivity index (χ2v) is 9.92. The van der Waals surface area contributed by atoms with E-state index >= 15 is 0 Å². The van der Waals surface area contributed by atoms with Gasteiger partial charge in [0.1, 0.15) is 9.88 Å². The number of aryl methyl sites for hydroxylation is 1. The Balaban J connectivity index is 1.38. The van der Waals surface area contributed by atoms with Crippen LogP contribution in [0.2, 0.25) is 10.0 Å². The van der Waals surface area contributed by atoms with Gasteiger partial charge in [-0.2, -0.15) is 9.61 Å². The first-order valence-electron chi connectivity index (χ1n) is 9.19. The molecule has 0 saturated carbocycles. The van der Waals surface area contributed by atoms with E-state index in [1.165, 1.54) is 22.7 Å². The van der Waals surface area contributed by atoms with Crippen molar-refractivity contribution >= 4 is 89.8 Å². The number of hydrogen-bond donors (Lipinski definition) is 2. The lowest BCUT2D eigenvalue weighted by atomic mass is 10.2. The average Bonchev–Trinajstić information content (AvgIpc) is 3.43. The van der Waals surface area contributed by atoms with Crippen LogP contribution in [0.15, 0.2) is 42.5 Å². The Morgan fingerprint density at radius 2 is 1.94 bits per heavy atom.